The smallest absolute Gasteiger partial charge is 0.164 e. The minimum Gasteiger partial charge on any atom is -0.456 e. The number of furan rings is 1. The maximum Gasteiger partial charge on any atom is 0.164 e. The van der Waals surface area contributed by atoms with Gasteiger partial charge in [0.2, 0.25) is 0 Å². The molecule has 0 saturated carbocycles. The van der Waals surface area contributed by atoms with Crippen molar-refractivity contribution in [2.24, 2.45) is 0 Å². The number of hydrogen-bond acceptors (Lipinski definition) is 5. The molecular weight excluding hydrogens is 559 g/mol. The fourth-order valence-corrected chi connectivity index (χ4v) is 7.47. The van der Waals surface area contributed by atoms with Gasteiger partial charge < -0.3 is 4.42 Å². The summed E-state index contributed by atoms with van der Waals surface area (Å²) in [6, 6.07) is 39.9. The van der Waals surface area contributed by atoms with E-state index in [1.165, 1.54) is 36.7 Å². The Balaban J connectivity index is 1.16. The van der Waals surface area contributed by atoms with Gasteiger partial charge in [-0.2, -0.15) is 0 Å². The maximum absolute atomic E-state index is 6.16. The van der Waals surface area contributed by atoms with Crippen LogP contribution in [0.3, 0.4) is 0 Å². The molecule has 0 atom stereocenters. The van der Waals surface area contributed by atoms with Gasteiger partial charge in [-0.15, -0.1) is 11.3 Å². The number of nitrogens with zero attached hydrogens (tertiary/aromatic N) is 3. The molecule has 1 aliphatic rings. The Morgan fingerprint density at radius 3 is 2.05 bits per heavy atom. The van der Waals surface area contributed by atoms with E-state index in [2.05, 4.69) is 97.1 Å². The van der Waals surface area contributed by atoms with E-state index in [9.17, 15) is 0 Å². The van der Waals surface area contributed by atoms with Crippen LogP contribution >= 0.6 is 11.3 Å². The molecule has 5 heteroatoms. The van der Waals surface area contributed by atoms with Crippen molar-refractivity contribution in [3.63, 3.8) is 0 Å². The molecule has 0 fully saturated rings. The zero-order valence-corrected chi connectivity index (χ0v) is 24.5. The highest BCUT2D eigenvalue weighted by Gasteiger charge is 2.19. The third kappa shape index (κ3) is 4.16. The summed E-state index contributed by atoms with van der Waals surface area (Å²) in [4.78, 5) is 15.0. The van der Waals surface area contributed by atoms with Crippen LogP contribution in [0.15, 0.2) is 132 Å². The molecule has 8 aromatic rings. The van der Waals surface area contributed by atoms with E-state index < -0.39 is 0 Å². The van der Waals surface area contributed by atoms with E-state index in [1.807, 2.05) is 30.3 Å². The number of benzene rings is 5. The highest BCUT2D eigenvalue weighted by molar-refractivity contribution is 7.25. The van der Waals surface area contributed by atoms with Crippen LogP contribution in [0.5, 0.6) is 0 Å². The van der Waals surface area contributed by atoms with Gasteiger partial charge in [0.1, 0.15) is 11.2 Å². The van der Waals surface area contributed by atoms with Gasteiger partial charge >= 0.3 is 0 Å². The fraction of sp³-hybridized carbons (Fsp3) is 0.0513. The van der Waals surface area contributed by atoms with Gasteiger partial charge in [0, 0.05) is 42.1 Å². The predicted octanol–water partition coefficient (Wildman–Crippen LogP) is 10.7. The third-order valence-corrected chi connectivity index (χ3v) is 9.62. The fourth-order valence-electron chi connectivity index (χ4n) is 6.32. The molecule has 44 heavy (non-hydrogen) atoms. The molecule has 4 nitrogen and oxygen atoms in total. The molecule has 0 bridgehead atoms. The lowest BCUT2D eigenvalue weighted by atomic mass is 9.90. The summed E-state index contributed by atoms with van der Waals surface area (Å²) < 4.78 is 8.68. The second-order valence-electron chi connectivity index (χ2n) is 11.1. The monoisotopic (exact) mass is 583 g/mol. The second kappa shape index (κ2) is 10.1. The summed E-state index contributed by atoms with van der Waals surface area (Å²) in [5.41, 5.74) is 7.44. The lowest BCUT2D eigenvalue weighted by molar-refractivity contribution is 0.669. The summed E-state index contributed by atoms with van der Waals surface area (Å²) in [5.74, 6) is 2.11. The first kappa shape index (κ1) is 25.1. The van der Waals surface area contributed by atoms with E-state index in [4.69, 9.17) is 19.4 Å². The van der Waals surface area contributed by atoms with Crippen molar-refractivity contribution in [1.82, 2.24) is 15.0 Å². The van der Waals surface area contributed by atoms with Crippen LogP contribution in [0.1, 0.15) is 24.2 Å². The van der Waals surface area contributed by atoms with Crippen LogP contribution < -0.4 is 0 Å². The van der Waals surface area contributed by atoms with Crippen molar-refractivity contribution >= 4 is 64.6 Å². The van der Waals surface area contributed by atoms with Crippen molar-refractivity contribution in [2.75, 3.05) is 0 Å². The first-order valence-electron chi connectivity index (χ1n) is 14.8. The molecule has 0 aliphatic heterocycles. The molecule has 9 rings (SSSR count). The summed E-state index contributed by atoms with van der Waals surface area (Å²) >= 11 is 1.81. The van der Waals surface area contributed by atoms with Gasteiger partial charge in [-0.3, -0.25) is 0 Å². The van der Waals surface area contributed by atoms with Gasteiger partial charge in [-0.25, -0.2) is 15.0 Å². The first-order chi connectivity index (χ1) is 21.8. The molecule has 0 N–H and O–H groups in total. The van der Waals surface area contributed by atoms with Crippen LogP contribution in [0.2, 0.25) is 0 Å². The topological polar surface area (TPSA) is 51.8 Å². The molecule has 0 saturated heterocycles. The Labute approximate surface area is 257 Å². The third-order valence-electron chi connectivity index (χ3n) is 8.49. The molecule has 3 aromatic heterocycles. The summed E-state index contributed by atoms with van der Waals surface area (Å²) in [5, 5.41) is 4.88. The number of aromatic nitrogens is 3. The van der Waals surface area contributed by atoms with E-state index >= 15 is 0 Å². The Hall–Kier alpha value is -5.39. The Bertz CT molecular complexity index is 2450. The second-order valence-corrected chi connectivity index (χ2v) is 12.2. The molecule has 208 valence electrons. The zero-order chi connectivity index (χ0) is 29.0. The van der Waals surface area contributed by atoms with Crippen LogP contribution in [0.4, 0.5) is 0 Å². The number of hydrogen-bond donors (Lipinski definition) is 0. The number of para-hydroxylation sites is 1. The summed E-state index contributed by atoms with van der Waals surface area (Å²) in [6.07, 6.45) is 6.14. The van der Waals surface area contributed by atoms with Crippen molar-refractivity contribution in [3.05, 3.63) is 139 Å². The molecule has 5 aromatic carbocycles. The summed E-state index contributed by atoms with van der Waals surface area (Å²) in [7, 11) is 0. The molecule has 0 radical (unpaired) electrons. The van der Waals surface area contributed by atoms with Crippen LogP contribution in [-0.4, -0.2) is 15.0 Å². The average molecular weight is 584 g/mol. The Morgan fingerprint density at radius 2 is 1.18 bits per heavy atom. The van der Waals surface area contributed by atoms with E-state index in [0.29, 0.717) is 11.6 Å². The first-order valence-corrected chi connectivity index (χ1v) is 15.6. The van der Waals surface area contributed by atoms with Crippen molar-refractivity contribution in [2.45, 2.75) is 12.8 Å². The minimum absolute atomic E-state index is 0.687. The number of rotatable bonds is 4. The SMILES string of the molecule is C1=C(c2nc(-c3ccccc3)nc(-c3ccc4c(c3)sc3ccccc34)n2)CCC(c2cccc3oc4ccccc4c23)=C1. The molecule has 1 aliphatic carbocycles. The Morgan fingerprint density at radius 1 is 0.500 bits per heavy atom. The van der Waals surface area contributed by atoms with Crippen LogP contribution in [0.25, 0.3) is 76.0 Å². The number of fused-ring (bicyclic) bond motifs is 6. The summed E-state index contributed by atoms with van der Waals surface area (Å²) in [6.45, 7) is 0. The maximum atomic E-state index is 6.16. The highest BCUT2D eigenvalue weighted by atomic mass is 32.1. The number of thiophene rings is 1. The molecule has 0 spiro atoms. The minimum atomic E-state index is 0.687. The van der Waals surface area contributed by atoms with E-state index in [1.54, 1.807) is 11.3 Å². The lowest BCUT2D eigenvalue weighted by Crippen LogP contribution is -2.04. The van der Waals surface area contributed by atoms with Gasteiger partial charge in [0.25, 0.3) is 0 Å². The molecule has 3 heterocycles. The Kier molecular flexibility index (Phi) is 5.78. The molecule has 0 amide bonds. The van der Waals surface area contributed by atoms with Gasteiger partial charge in [0.05, 0.1) is 0 Å². The lowest BCUT2D eigenvalue weighted by Gasteiger charge is -2.16. The van der Waals surface area contributed by atoms with Crippen molar-refractivity contribution in [1.29, 1.82) is 0 Å². The zero-order valence-electron chi connectivity index (χ0n) is 23.7. The molecular formula is C39H25N3OS. The van der Waals surface area contributed by atoms with Gasteiger partial charge in [-0.1, -0.05) is 103 Å². The van der Waals surface area contributed by atoms with Crippen LogP contribution in [0, 0.1) is 0 Å². The average Bonchev–Trinajstić information content (AvgIpc) is 3.66. The van der Waals surface area contributed by atoms with Crippen LogP contribution in [-0.2, 0) is 0 Å². The van der Waals surface area contributed by atoms with E-state index in [0.717, 1.165) is 51.9 Å². The standard InChI is InChI=1S/C39H25N3OS/c1-2-9-25(10-3-1)37-40-38(42-39(41-37)27-21-22-30-29-11-5-7-16-34(29)44-35(30)23-27)26-19-17-24(18-20-26)28-13-8-15-33-36(28)31-12-4-6-14-32(31)43-33/h1-17,19,21-23H,18,20H2. The van der Waals surface area contributed by atoms with Crippen molar-refractivity contribution < 1.29 is 4.42 Å². The number of allylic oxidation sites excluding steroid dienone is 4. The quantitative estimate of drug-likeness (QED) is 0.207. The highest BCUT2D eigenvalue weighted by Crippen LogP contribution is 2.39. The van der Waals surface area contributed by atoms with E-state index in [-0.39, 0.29) is 0 Å². The van der Waals surface area contributed by atoms with Crippen molar-refractivity contribution in [3.8, 4) is 22.8 Å². The molecule has 0 unspecified atom stereocenters. The van der Waals surface area contributed by atoms with Gasteiger partial charge in [-0.05, 0) is 53.8 Å². The predicted molar refractivity (Wildman–Crippen MR) is 182 cm³/mol. The normalized spacial score (nSPS) is 13.5. The van der Waals surface area contributed by atoms with Gasteiger partial charge in [0.15, 0.2) is 17.5 Å². The largest absolute Gasteiger partial charge is 0.456 e.